The van der Waals surface area contributed by atoms with Gasteiger partial charge in [-0.05, 0) is 66.1 Å². The molecule has 1 heterocycles. The van der Waals surface area contributed by atoms with E-state index in [1.165, 1.54) is 17.3 Å². The molecule has 1 fully saturated rings. The third-order valence-electron chi connectivity index (χ3n) is 4.96. The Balaban J connectivity index is 1.47. The van der Waals surface area contributed by atoms with Crippen molar-refractivity contribution in [3.8, 4) is 5.75 Å². The molecule has 0 aliphatic carbocycles. The molecule has 1 amide bonds. The van der Waals surface area contributed by atoms with Crippen LogP contribution in [0.3, 0.4) is 0 Å². The molecule has 7 heteroatoms. The minimum atomic E-state index is -0.230. The van der Waals surface area contributed by atoms with Crippen LogP contribution in [0.5, 0.6) is 5.75 Å². The molecule has 3 aromatic carbocycles. The standard InChI is InChI=1S/C25H22BrClN2O2S/c1-2-16-5-10-21(11-6-16)28-25-29-24(30)23(32-25)14-18-13-19(26)7-12-22(18)31-15-17-3-8-20(27)9-4-17/h3-14,25,28H,2,15H2,1H3,(H,29,30)/b23-14-/t25-/m1/s1. The van der Waals surface area contributed by atoms with E-state index in [9.17, 15) is 4.79 Å². The average Bonchev–Trinajstić information content (AvgIpc) is 3.13. The van der Waals surface area contributed by atoms with Gasteiger partial charge in [0.1, 0.15) is 12.4 Å². The first kappa shape index (κ1) is 22.8. The number of hydrogen-bond donors (Lipinski definition) is 2. The highest BCUT2D eigenvalue weighted by atomic mass is 79.9. The van der Waals surface area contributed by atoms with Crippen LogP contribution >= 0.6 is 39.3 Å². The molecule has 0 bridgehead atoms. The van der Waals surface area contributed by atoms with Gasteiger partial charge in [0, 0.05) is 20.7 Å². The summed E-state index contributed by atoms with van der Waals surface area (Å²) in [6.45, 7) is 2.54. The second-order valence-corrected chi connectivity index (χ2v) is 9.77. The SMILES string of the molecule is CCc1ccc(N[C@@H]2NC(=O)/C(=C/c3cc(Br)ccc3OCc3ccc(Cl)cc3)S2)cc1. The number of benzene rings is 3. The Morgan fingerprint density at radius 1 is 1.09 bits per heavy atom. The molecule has 3 aromatic rings. The molecule has 0 spiro atoms. The summed E-state index contributed by atoms with van der Waals surface area (Å²) in [6, 6.07) is 21.6. The first-order valence-corrected chi connectivity index (χ1v) is 12.3. The highest BCUT2D eigenvalue weighted by Gasteiger charge is 2.27. The third-order valence-corrected chi connectivity index (χ3v) is 6.73. The van der Waals surface area contributed by atoms with E-state index in [-0.39, 0.29) is 11.4 Å². The minimum Gasteiger partial charge on any atom is -0.488 e. The molecule has 4 rings (SSSR count). The van der Waals surface area contributed by atoms with Crippen molar-refractivity contribution >= 4 is 57.0 Å². The van der Waals surface area contributed by atoms with Gasteiger partial charge in [-0.25, -0.2) is 0 Å². The van der Waals surface area contributed by atoms with Gasteiger partial charge >= 0.3 is 0 Å². The van der Waals surface area contributed by atoms with Crippen molar-refractivity contribution in [2.24, 2.45) is 0 Å². The number of aryl methyl sites for hydroxylation is 1. The van der Waals surface area contributed by atoms with Gasteiger partial charge < -0.3 is 15.4 Å². The summed E-state index contributed by atoms with van der Waals surface area (Å²) >= 11 is 10.9. The van der Waals surface area contributed by atoms with Crippen molar-refractivity contribution in [3.05, 3.63) is 97.8 Å². The smallest absolute Gasteiger partial charge is 0.260 e. The predicted molar refractivity (Wildman–Crippen MR) is 137 cm³/mol. The zero-order valence-corrected chi connectivity index (χ0v) is 20.6. The van der Waals surface area contributed by atoms with E-state index in [0.717, 1.165) is 27.7 Å². The van der Waals surface area contributed by atoms with Gasteiger partial charge in [-0.2, -0.15) is 0 Å². The predicted octanol–water partition coefficient (Wildman–Crippen LogP) is 6.84. The summed E-state index contributed by atoms with van der Waals surface area (Å²) in [6.07, 6.45) is 2.86. The zero-order valence-electron chi connectivity index (χ0n) is 17.4. The molecule has 0 unspecified atom stereocenters. The maximum Gasteiger partial charge on any atom is 0.260 e. The molecule has 0 aromatic heterocycles. The lowest BCUT2D eigenvalue weighted by molar-refractivity contribution is -0.116. The summed E-state index contributed by atoms with van der Waals surface area (Å²) in [5.41, 5.74) is 3.86. The van der Waals surface area contributed by atoms with Crippen LogP contribution in [0.1, 0.15) is 23.6 Å². The molecule has 1 atom stereocenters. The number of rotatable bonds is 7. The lowest BCUT2D eigenvalue weighted by atomic mass is 10.1. The van der Waals surface area contributed by atoms with Crippen LogP contribution in [0.4, 0.5) is 5.69 Å². The first-order chi connectivity index (χ1) is 15.5. The van der Waals surface area contributed by atoms with Crippen molar-refractivity contribution in [2.45, 2.75) is 25.4 Å². The summed E-state index contributed by atoms with van der Waals surface area (Å²) in [5, 5.41) is 7.02. The fourth-order valence-corrected chi connectivity index (χ4v) is 4.68. The van der Waals surface area contributed by atoms with Gasteiger partial charge in [-0.15, -0.1) is 0 Å². The monoisotopic (exact) mass is 528 g/mol. The van der Waals surface area contributed by atoms with Crippen LogP contribution in [-0.4, -0.2) is 11.4 Å². The molecule has 164 valence electrons. The first-order valence-electron chi connectivity index (χ1n) is 10.2. The lowest BCUT2D eigenvalue weighted by Crippen LogP contribution is -2.30. The summed E-state index contributed by atoms with van der Waals surface area (Å²) in [5.74, 6) is 0.594. The van der Waals surface area contributed by atoms with Gasteiger partial charge in [0.05, 0.1) is 4.91 Å². The van der Waals surface area contributed by atoms with Crippen molar-refractivity contribution in [1.82, 2.24) is 5.32 Å². The molecular formula is C25H22BrClN2O2S. The maximum atomic E-state index is 12.6. The Hall–Kier alpha value is -2.41. The Bertz CT molecular complexity index is 1130. The highest BCUT2D eigenvalue weighted by molar-refractivity contribution is 9.10. The molecule has 0 radical (unpaired) electrons. The second-order valence-electron chi connectivity index (χ2n) is 7.27. The Kier molecular flexibility index (Phi) is 7.45. The van der Waals surface area contributed by atoms with E-state index in [2.05, 4.69) is 45.6 Å². The van der Waals surface area contributed by atoms with Crippen LogP contribution in [0, 0.1) is 0 Å². The van der Waals surface area contributed by atoms with E-state index in [0.29, 0.717) is 22.3 Å². The van der Waals surface area contributed by atoms with Crippen molar-refractivity contribution in [3.63, 3.8) is 0 Å². The Labute approximate surface area is 205 Å². The number of ether oxygens (including phenoxy) is 1. The number of nitrogens with one attached hydrogen (secondary N) is 2. The number of carbonyl (C=O) groups excluding carboxylic acids is 1. The van der Waals surface area contributed by atoms with Crippen LogP contribution in [0.25, 0.3) is 6.08 Å². The molecule has 1 aliphatic heterocycles. The van der Waals surface area contributed by atoms with E-state index < -0.39 is 0 Å². The second kappa shape index (κ2) is 10.5. The fourth-order valence-electron chi connectivity index (χ4n) is 3.20. The summed E-state index contributed by atoms with van der Waals surface area (Å²) in [4.78, 5) is 13.2. The zero-order chi connectivity index (χ0) is 22.5. The summed E-state index contributed by atoms with van der Waals surface area (Å²) in [7, 11) is 0. The molecule has 1 saturated heterocycles. The summed E-state index contributed by atoms with van der Waals surface area (Å²) < 4.78 is 6.96. The number of halogens is 2. The fraction of sp³-hybridized carbons (Fsp3) is 0.160. The van der Waals surface area contributed by atoms with Gasteiger partial charge in [-0.1, -0.05) is 70.5 Å². The number of amides is 1. The molecule has 2 N–H and O–H groups in total. The van der Waals surface area contributed by atoms with E-state index in [4.69, 9.17) is 16.3 Å². The molecule has 4 nitrogen and oxygen atoms in total. The Morgan fingerprint density at radius 3 is 2.53 bits per heavy atom. The van der Waals surface area contributed by atoms with Gasteiger partial charge in [-0.3, -0.25) is 4.79 Å². The van der Waals surface area contributed by atoms with Gasteiger partial charge in [0.2, 0.25) is 0 Å². The topological polar surface area (TPSA) is 50.4 Å². The van der Waals surface area contributed by atoms with Crippen LogP contribution in [-0.2, 0) is 17.8 Å². The van der Waals surface area contributed by atoms with E-state index in [1.54, 1.807) is 0 Å². The number of thioether (sulfide) groups is 1. The van der Waals surface area contributed by atoms with E-state index >= 15 is 0 Å². The minimum absolute atomic E-state index is 0.110. The van der Waals surface area contributed by atoms with Crippen LogP contribution < -0.4 is 15.4 Å². The van der Waals surface area contributed by atoms with Crippen molar-refractivity contribution in [1.29, 1.82) is 0 Å². The van der Waals surface area contributed by atoms with E-state index in [1.807, 2.05) is 60.7 Å². The van der Waals surface area contributed by atoms with Crippen molar-refractivity contribution < 1.29 is 9.53 Å². The average molecular weight is 530 g/mol. The van der Waals surface area contributed by atoms with Crippen LogP contribution in [0.2, 0.25) is 5.02 Å². The number of hydrogen-bond acceptors (Lipinski definition) is 4. The normalized spacial score (nSPS) is 16.8. The highest BCUT2D eigenvalue weighted by Crippen LogP contribution is 2.33. The van der Waals surface area contributed by atoms with Crippen molar-refractivity contribution in [2.75, 3.05) is 5.32 Å². The largest absolute Gasteiger partial charge is 0.488 e. The van der Waals surface area contributed by atoms with Gasteiger partial charge in [0.15, 0.2) is 5.50 Å². The lowest BCUT2D eigenvalue weighted by Gasteiger charge is -2.13. The third kappa shape index (κ3) is 5.88. The number of anilines is 1. The molecule has 0 saturated carbocycles. The molecule has 32 heavy (non-hydrogen) atoms. The number of carbonyl (C=O) groups is 1. The molecule has 1 aliphatic rings. The Morgan fingerprint density at radius 2 is 1.81 bits per heavy atom. The molecular weight excluding hydrogens is 508 g/mol. The van der Waals surface area contributed by atoms with Gasteiger partial charge in [0.25, 0.3) is 5.91 Å². The van der Waals surface area contributed by atoms with Crippen LogP contribution in [0.15, 0.2) is 76.1 Å². The quantitative estimate of drug-likeness (QED) is 0.329. The maximum absolute atomic E-state index is 12.6.